The van der Waals surface area contributed by atoms with Crippen LogP contribution in [0.1, 0.15) is 38.5 Å². The largest absolute Gasteiger partial charge is 0.456 e. The second kappa shape index (κ2) is 5.32. The molecular weight excluding hydrogens is 217 g/mol. The Morgan fingerprint density at radius 2 is 2.18 bits per heavy atom. The van der Waals surface area contributed by atoms with Gasteiger partial charge in [-0.05, 0) is 31.5 Å². The van der Waals surface area contributed by atoms with Crippen LogP contribution in [0.15, 0.2) is 28.7 Å². The first-order valence-corrected chi connectivity index (χ1v) is 6.17. The molecule has 1 atom stereocenters. The van der Waals surface area contributed by atoms with Crippen molar-refractivity contribution >= 4 is 11.0 Å². The molecule has 0 aliphatic carbocycles. The second-order valence-corrected chi connectivity index (χ2v) is 4.22. The zero-order chi connectivity index (χ0) is 12.3. The highest BCUT2D eigenvalue weighted by molar-refractivity contribution is 5.78. The van der Waals surface area contributed by atoms with Crippen LogP contribution in [-0.2, 0) is 0 Å². The molecule has 0 saturated carbocycles. The molecular formula is C14H18FNO. The lowest BCUT2D eigenvalue weighted by atomic mass is 10.1. The van der Waals surface area contributed by atoms with Crippen molar-refractivity contribution in [3.8, 4) is 0 Å². The van der Waals surface area contributed by atoms with E-state index >= 15 is 0 Å². The van der Waals surface area contributed by atoms with Crippen LogP contribution >= 0.6 is 0 Å². The number of para-hydroxylation sites is 1. The van der Waals surface area contributed by atoms with Crippen LogP contribution in [0.25, 0.3) is 11.0 Å². The van der Waals surface area contributed by atoms with Gasteiger partial charge in [0.2, 0.25) is 0 Å². The molecule has 1 heterocycles. The van der Waals surface area contributed by atoms with Crippen LogP contribution in [0.5, 0.6) is 0 Å². The molecule has 1 unspecified atom stereocenters. The molecule has 2 aromatic rings. The Kier molecular flexibility index (Phi) is 3.79. The molecule has 1 aromatic carbocycles. The third kappa shape index (κ3) is 2.50. The first-order valence-electron chi connectivity index (χ1n) is 6.17. The maximum Gasteiger partial charge on any atom is 0.169 e. The Morgan fingerprint density at radius 1 is 1.35 bits per heavy atom. The molecule has 2 nitrogen and oxygen atoms in total. The molecule has 0 aliphatic rings. The van der Waals surface area contributed by atoms with Gasteiger partial charge in [-0.2, -0.15) is 0 Å². The summed E-state index contributed by atoms with van der Waals surface area (Å²) >= 11 is 0. The minimum Gasteiger partial charge on any atom is -0.456 e. The van der Waals surface area contributed by atoms with E-state index in [-0.39, 0.29) is 11.9 Å². The lowest BCUT2D eigenvalue weighted by Crippen LogP contribution is -2.20. The van der Waals surface area contributed by atoms with Crippen molar-refractivity contribution in [2.75, 3.05) is 6.54 Å². The van der Waals surface area contributed by atoms with Gasteiger partial charge in [-0.15, -0.1) is 0 Å². The van der Waals surface area contributed by atoms with E-state index in [9.17, 15) is 4.39 Å². The molecule has 0 aliphatic heterocycles. The summed E-state index contributed by atoms with van der Waals surface area (Å²) in [5.74, 6) is 0.528. The Morgan fingerprint density at radius 3 is 2.82 bits per heavy atom. The van der Waals surface area contributed by atoms with E-state index in [0.717, 1.165) is 30.5 Å². The smallest absolute Gasteiger partial charge is 0.169 e. The van der Waals surface area contributed by atoms with Crippen molar-refractivity contribution in [3.05, 3.63) is 35.8 Å². The highest BCUT2D eigenvalue weighted by Crippen LogP contribution is 2.27. The third-order valence-corrected chi connectivity index (χ3v) is 2.91. The molecule has 0 fully saturated rings. The lowest BCUT2D eigenvalue weighted by Gasteiger charge is -2.13. The van der Waals surface area contributed by atoms with Gasteiger partial charge in [-0.3, -0.25) is 0 Å². The summed E-state index contributed by atoms with van der Waals surface area (Å²) in [7, 11) is 0. The molecule has 17 heavy (non-hydrogen) atoms. The van der Waals surface area contributed by atoms with E-state index in [4.69, 9.17) is 4.42 Å². The van der Waals surface area contributed by atoms with E-state index < -0.39 is 0 Å². The number of hydrogen-bond acceptors (Lipinski definition) is 2. The van der Waals surface area contributed by atoms with E-state index in [1.54, 1.807) is 6.07 Å². The van der Waals surface area contributed by atoms with Gasteiger partial charge >= 0.3 is 0 Å². The molecule has 1 N–H and O–H groups in total. The van der Waals surface area contributed by atoms with Crippen molar-refractivity contribution in [1.82, 2.24) is 5.32 Å². The van der Waals surface area contributed by atoms with E-state index in [2.05, 4.69) is 19.2 Å². The Hall–Kier alpha value is -1.35. The zero-order valence-electron chi connectivity index (χ0n) is 10.3. The van der Waals surface area contributed by atoms with Crippen LogP contribution < -0.4 is 5.32 Å². The van der Waals surface area contributed by atoms with Gasteiger partial charge in [-0.1, -0.05) is 26.0 Å². The van der Waals surface area contributed by atoms with Gasteiger partial charge in [0, 0.05) is 5.39 Å². The highest BCUT2D eigenvalue weighted by atomic mass is 19.1. The SMILES string of the molecule is CCCNC(CC)c1cc2cccc(F)c2o1. The highest BCUT2D eigenvalue weighted by Gasteiger charge is 2.15. The molecule has 0 amide bonds. The number of fused-ring (bicyclic) bond motifs is 1. The fraction of sp³-hybridized carbons (Fsp3) is 0.429. The molecule has 0 bridgehead atoms. The average molecular weight is 235 g/mol. The summed E-state index contributed by atoms with van der Waals surface area (Å²) in [5.41, 5.74) is 0.360. The maximum atomic E-state index is 13.5. The van der Waals surface area contributed by atoms with Crippen LogP contribution in [0.2, 0.25) is 0 Å². The normalized spacial score (nSPS) is 13.1. The number of halogens is 1. The van der Waals surface area contributed by atoms with E-state index in [1.807, 2.05) is 12.1 Å². The molecule has 1 aromatic heterocycles. The Bertz CT molecular complexity index is 492. The summed E-state index contributed by atoms with van der Waals surface area (Å²) in [5, 5.41) is 4.23. The second-order valence-electron chi connectivity index (χ2n) is 4.22. The van der Waals surface area contributed by atoms with Crippen molar-refractivity contribution in [2.24, 2.45) is 0 Å². The van der Waals surface area contributed by atoms with Crippen LogP contribution in [-0.4, -0.2) is 6.54 Å². The topological polar surface area (TPSA) is 25.2 Å². The van der Waals surface area contributed by atoms with Crippen LogP contribution in [0, 0.1) is 5.82 Å². The van der Waals surface area contributed by atoms with Gasteiger partial charge in [0.05, 0.1) is 6.04 Å². The third-order valence-electron chi connectivity index (χ3n) is 2.91. The molecule has 0 radical (unpaired) electrons. The molecule has 92 valence electrons. The minimum absolute atomic E-state index is 0.168. The molecule has 2 rings (SSSR count). The first-order chi connectivity index (χ1) is 8.26. The Balaban J connectivity index is 2.31. The standard InChI is InChI=1S/C14H18FNO/c1-3-8-16-12(4-2)13-9-10-6-5-7-11(15)14(10)17-13/h5-7,9,12,16H,3-4,8H2,1-2H3. The van der Waals surface area contributed by atoms with Gasteiger partial charge in [-0.25, -0.2) is 4.39 Å². The number of nitrogens with one attached hydrogen (secondary N) is 1. The number of rotatable bonds is 5. The lowest BCUT2D eigenvalue weighted by molar-refractivity contribution is 0.415. The molecule has 0 saturated heterocycles. The predicted molar refractivity (Wildman–Crippen MR) is 67.5 cm³/mol. The quantitative estimate of drug-likeness (QED) is 0.846. The van der Waals surface area contributed by atoms with E-state index in [0.29, 0.717) is 5.58 Å². The summed E-state index contributed by atoms with van der Waals surface area (Å²) < 4.78 is 19.1. The average Bonchev–Trinajstić information content (AvgIpc) is 2.75. The first kappa shape index (κ1) is 12.1. The fourth-order valence-electron chi connectivity index (χ4n) is 1.98. The van der Waals surface area contributed by atoms with Crippen molar-refractivity contribution in [2.45, 2.75) is 32.7 Å². The summed E-state index contributed by atoms with van der Waals surface area (Å²) in [4.78, 5) is 0. The van der Waals surface area contributed by atoms with Crippen LogP contribution in [0.3, 0.4) is 0 Å². The number of hydrogen-bond donors (Lipinski definition) is 1. The van der Waals surface area contributed by atoms with Gasteiger partial charge in [0.25, 0.3) is 0 Å². The fourth-order valence-corrected chi connectivity index (χ4v) is 1.98. The van der Waals surface area contributed by atoms with Gasteiger partial charge in [0.1, 0.15) is 5.76 Å². The van der Waals surface area contributed by atoms with Gasteiger partial charge < -0.3 is 9.73 Å². The van der Waals surface area contributed by atoms with Crippen molar-refractivity contribution in [3.63, 3.8) is 0 Å². The summed E-state index contributed by atoms with van der Waals surface area (Å²) in [6.07, 6.45) is 2.01. The number of furan rings is 1. The summed E-state index contributed by atoms with van der Waals surface area (Å²) in [6, 6.07) is 7.10. The molecule has 3 heteroatoms. The Labute approximate surface area is 101 Å². The van der Waals surface area contributed by atoms with E-state index in [1.165, 1.54) is 6.07 Å². The van der Waals surface area contributed by atoms with Gasteiger partial charge in [0.15, 0.2) is 11.4 Å². The summed E-state index contributed by atoms with van der Waals surface area (Å²) in [6.45, 7) is 5.16. The maximum absolute atomic E-state index is 13.5. The van der Waals surface area contributed by atoms with Crippen LogP contribution in [0.4, 0.5) is 4.39 Å². The monoisotopic (exact) mass is 235 g/mol. The van der Waals surface area contributed by atoms with Crippen molar-refractivity contribution < 1.29 is 8.81 Å². The minimum atomic E-state index is -0.293. The van der Waals surface area contributed by atoms with Crippen molar-refractivity contribution in [1.29, 1.82) is 0 Å². The zero-order valence-corrected chi connectivity index (χ0v) is 10.3. The number of benzene rings is 1. The predicted octanol–water partition coefficient (Wildman–Crippen LogP) is 4.02. The molecule has 0 spiro atoms.